The number of aliphatic hydroxyl groups is 1. The van der Waals surface area contributed by atoms with Gasteiger partial charge in [-0.15, -0.1) is 0 Å². The molecule has 0 aliphatic heterocycles. The summed E-state index contributed by atoms with van der Waals surface area (Å²) in [6, 6.07) is 3.99. The number of aliphatic carboxylic acids is 1. The minimum Gasteiger partial charge on any atom is -0.480 e. The van der Waals surface area contributed by atoms with E-state index in [9.17, 15) is 9.59 Å². The van der Waals surface area contributed by atoms with Crippen molar-refractivity contribution in [1.82, 2.24) is 5.32 Å². The van der Waals surface area contributed by atoms with Gasteiger partial charge in [-0.1, -0.05) is 25.1 Å². The van der Waals surface area contributed by atoms with E-state index in [-0.39, 0.29) is 13.0 Å². The summed E-state index contributed by atoms with van der Waals surface area (Å²) in [6.45, 7) is 3.54. The highest BCUT2D eigenvalue weighted by Crippen LogP contribution is 2.20. The highest BCUT2D eigenvalue weighted by Gasteiger charge is 2.19. The molecule has 1 aromatic carbocycles. The number of para-hydroxylation sites is 1. The minimum absolute atomic E-state index is 0.0306. The molecular weight excluding hydrogens is 260 g/mol. The van der Waals surface area contributed by atoms with Crippen molar-refractivity contribution in [2.75, 3.05) is 11.9 Å². The zero-order valence-corrected chi connectivity index (χ0v) is 11.6. The molecule has 6 heteroatoms. The van der Waals surface area contributed by atoms with Crippen molar-refractivity contribution in [2.45, 2.75) is 32.7 Å². The zero-order valence-electron chi connectivity index (χ0n) is 11.6. The number of nitrogens with one attached hydrogen (secondary N) is 2. The molecule has 20 heavy (non-hydrogen) atoms. The zero-order chi connectivity index (χ0) is 15.1. The van der Waals surface area contributed by atoms with Crippen molar-refractivity contribution in [1.29, 1.82) is 0 Å². The van der Waals surface area contributed by atoms with E-state index in [0.717, 1.165) is 17.5 Å². The monoisotopic (exact) mass is 280 g/mol. The van der Waals surface area contributed by atoms with Crippen molar-refractivity contribution in [3.05, 3.63) is 29.3 Å². The summed E-state index contributed by atoms with van der Waals surface area (Å²) >= 11 is 0. The molecule has 2 amide bonds. The molecule has 0 fully saturated rings. The number of aryl methyl sites for hydroxylation is 2. The summed E-state index contributed by atoms with van der Waals surface area (Å²) in [5.74, 6) is -1.17. The van der Waals surface area contributed by atoms with Crippen molar-refractivity contribution in [3.63, 3.8) is 0 Å². The summed E-state index contributed by atoms with van der Waals surface area (Å²) < 4.78 is 0. The van der Waals surface area contributed by atoms with Crippen molar-refractivity contribution < 1.29 is 19.8 Å². The molecule has 4 N–H and O–H groups in total. The number of rotatable bonds is 6. The number of carbonyl (C=O) groups is 2. The molecule has 1 atom stereocenters. The third-order valence-electron chi connectivity index (χ3n) is 3.00. The number of benzene rings is 1. The molecule has 0 saturated heterocycles. The first-order valence-electron chi connectivity index (χ1n) is 6.49. The Morgan fingerprint density at radius 2 is 2.05 bits per heavy atom. The van der Waals surface area contributed by atoms with Crippen LogP contribution in [0.5, 0.6) is 0 Å². The Kier molecular flexibility index (Phi) is 5.99. The largest absolute Gasteiger partial charge is 0.480 e. The van der Waals surface area contributed by atoms with Gasteiger partial charge in [-0.2, -0.15) is 0 Å². The fourth-order valence-electron chi connectivity index (χ4n) is 1.90. The number of hydrogen-bond donors (Lipinski definition) is 4. The summed E-state index contributed by atoms with van der Waals surface area (Å²) in [7, 11) is 0. The van der Waals surface area contributed by atoms with Crippen LogP contribution >= 0.6 is 0 Å². The Bertz CT molecular complexity index is 488. The normalized spacial score (nSPS) is 11.8. The molecule has 0 radical (unpaired) electrons. The topological polar surface area (TPSA) is 98.7 Å². The Morgan fingerprint density at radius 1 is 1.35 bits per heavy atom. The Balaban J connectivity index is 2.78. The van der Waals surface area contributed by atoms with Gasteiger partial charge < -0.3 is 20.8 Å². The second-order valence-corrected chi connectivity index (χ2v) is 4.46. The summed E-state index contributed by atoms with van der Waals surface area (Å²) in [5, 5.41) is 22.7. The van der Waals surface area contributed by atoms with Gasteiger partial charge in [-0.3, -0.25) is 0 Å². The Labute approximate surface area is 117 Å². The van der Waals surface area contributed by atoms with Gasteiger partial charge in [0.05, 0.1) is 0 Å². The van der Waals surface area contributed by atoms with E-state index < -0.39 is 18.0 Å². The van der Waals surface area contributed by atoms with E-state index in [0.29, 0.717) is 5.69 Å². The second kappa shape index (κ2) is 7.49. The van der Waals surface area contributed by atoms with Crippen LogP contribution in [-0.4, -0.2) is 34.9 Å². The van der Waals surface area contributed by atoms with Crippen LogP contribution in [0.2, 0.25) is 0 Å². The predicted octanol–water partition coefficient (Wildman–Crippen LogP) is 1.51. The standard InChI is InChI=1S/C14H20N2O4/c1-3-10-6-4-5-9(2)12(10)16-14(20)15-11(7-8-17)13(18)19/h4-6,11,17H,3,7-8H2,1-2H3,(H,18,19)(H2,15,16,20)/t11-/m1/s1. The number of anilines is 1. The van der Waals surface area contributed by atoms with Gasteiger partial charge in [-0.05, 0) is 24.5 Å². The maximum Gasteiger partial charge on any atom is 0.326 e. The van der Waals surface area contributed by atoms with E-state index in [1.54, 1.807) is 0 Å². The quantitative estimate of drug-likeness (QED) is 0.635. The number of amides is 2. The van der Waals surface area contributed by atoms with E-state index in [1.807, 2.05) is 32.0 Å². The van der Waals surface area contributed by atoms with Gasteiger partial charge in [0, 0.05) is 18.7 Å². The first-order valence-corrected chi connectivity index (χ1v) is 6.49. The SMILES string of the molecule is CCc1cccc(C)c1NC(=O)N[C@H](CCO)C(=O)O. The molecule has 0 heterocycles. The van der Waals surface area contributed by atoms with Crippen molar-refractivity contribution in [3.8, 4) is 0 Å². The highest BCUT2D eigenvalue weighted by atomic mass is 16.4. The molecule has 0 spiro atoms. The third-order valence-corrected chi connectivity index (χ3v) is 3.00. The number of hydrogen-bond acceptors (Lipinski definition) is 3. The van der Waals surface area contributed by atoms with Gasteiger partial charge >= 0.3 is 12.0 Å². The summed E-state index contributed by atoms with van der Waals surface area (Å²) in [6.07, 6.45) is 0.730. The lowest BCUT2D eigenvalue weighted by atomic mass is 10.1. The molecule has 0 aromatic heterocycles. The van der Waals surface area contributed by atoms with Crippen molar-refractivity contribution in [2.24, 2.45) is 0 Å². The molecule has 0 unspecified atom stereocenters. The molecule has 6 nitrogen and oxygen atoms in total. The van der Waals surface area contributed by atoms with E-state index in [4.69, 9.17) is 10.2 Å². The average Bonchev–Trinajstić information content (AvgIpc) is 2.40. The molecule has 0 bridgehead atoms. The molecule has 0 aliphatic rings. The lowest BCUT2D eigenvalue weighted by Gasteiger charge is -2.17. The highest BCUT2D eigenvalue weighted by molar-refractivity contribution is 5.93. The Hall–Kier alpha value is -2.08. The van der Waals surface area contributed by atoms with Gasteiger partial charge in [0.25, 0.3) is 0 Å². The van der Waals surface area contributed by atoms with Crippen LogP contribution in [0.1, 0.15) is 24.5 Å². The third kappa shape index (κ3) is 4.24. The van der Waals surface area contributed by atoms with Crippen LogP contribution in [0.15, 0.2) is 18.2 Å². The number of aliphatic hydroxyl groups excluding tert-OH is 1. The lowest BCUT2D eigenvalue weighted by Crippen LogP contribution is -2.43. The molecule has 1 rings (SSSR count). The van der Waals surface area contributed by atoms with Crippen LogP contribution in [0, 0.1) is 6.92 Å². The maximum absolute atomic E-state index is 11.9. The Morgan fingerprint density at radius 3 is 2.60 bits per heavy atom. The average molecular weight is 280 g/mol. The van der Waals surface area contributed by atoms with E-state index in [1.165, 1.54) is 0 Å². The van der Waals surface area contributed by atoms with Gasteiger partial charge in [0.1, 0.15) is 6.04 Å². The summed E-state index contributed by atoms with van der Waals surface area (Å²) in [5.41, 5.74) is 2.59. The first kappa shape index (κ1) is 16.0. The number of carboxylic acid groups (broad SMARTS) is 1. The smallest absolute Gasteiger partial charge is 0.326 e. The van der Waals surface area contributed by atoms with Crippen LogP contribution in [-0.2, 0) is 11.2 Å². The maximum atomic E-state index is 11.9. The summed E-state index contributed by atoms with van der Waals surface area (Å²) in [4.78, 5) is 22.8. The first-order chi connectivity index (χ1) is 9.49. The molecule has 1 aromatic rings. The number of urea groups is 1. The molecule has 0 saturated carbocycles. The van der Waals surface area contributed by atoms with E-state index in [2.05, 4.69) is 10.6 Å². The van der Waals surface area contributed by atoms with Crippen LogP contribution in [0.3, 0.4) is 0 Å². The lowest BCUT2D eigenvalue weighted by molar-refractivity contribution is -0.139. The van der Waals surface area contributed by atoms with Crippen LogP contribution < -0.4 is 10.6 Å². The van der Waals surface area contributed by atoms with E-state index >= 15 is 0 Å². The fraction of sp³-hybridized carbons (Fsp3) is 0.429. The molecular formula is C14H20N2O4. The van der Waals surface area contributed by atoms with Gasteiger partial charge in [0.2, 0.25) is 0 Å². The number of carbonyl (C=O) groups excluding carboxylic acids is 1. The fourth-order valence-corrected chi connectivity index (χ4v) is 1.90. The number of carboxylic acids is 1. The minimum atomic E-state index is -1.17. The van der Waals surface area contributed by atoms with Gasteiger partial charge in [-0.25, -0.2) is 9.59 Å². The molecule has 0 aliphatic carbocycles. The second-order valence-electron chi connectivity index (χ2n) is 4.46. The van der Waals surface area contributed by atoms with Crippen LogP contribution in [0.25, 0.3) is 0 Å². The van der Waals surface area contributed by atoms with Gasteiger partial charge in [0.15, 0.2) is 0 Å². The van der Waals surface area contributed by atoms with Crippen LogP contribution in [0.4, 0.5) is 10.5 Å². The molecule has 110 valence electrons. The predicted molar refractivity (Wildman–Crippen MR) is 75.8 cm³/mol. The van der Waals surface area contributed by atoms with Crippen molar-refractivity contribution >= 4 is 17.7 Å².